The fourth-order valence-corrected chi connectivity index (χ4v) is 3.61. The second kappa shape index (κ2) is 3.44. The lowest BCUT2D eigenvalue weighted by Crippen LogP contribution is -2.46. The summed E-state index contributed by atoms with van der Waals surface area (Å²) in [6.07, 6.45) is 4.48. The van der Waals surface area contributed by atoms with E-state index in [2.05, 4.69) is 13.8 Å². The zero-order chi connectivity index (χ0) is 11.4. The first-order valence-electron chi connectivity index (χ1n) is 6.52. The minimum Gasteiger partial charge on any atom is -0.349 e. The first kappa shape index (κ1) is 11.0. The van der Waals surface area contributed by atoms with E-state index < -0.39 is 0 Å². The molecule has 0 aromatic heterocycles. The Morgan fingerprint density at radius 1 is 1.00 bits per heavy atom. The van der Waals surface area contributed by atoms with Crippen molar-refractivity contribution >= 4 is 0 Å². The van der Waals surface area contributed by atoms with Crippen molar-refractivity contribution in [3.8, 4) is 0 Å². The van der Waals surface area contributed by atoms with Crippen LogP contribution < -0.4 is 5.73 Å². The van der Waals surface area contributed by atoms with Gasteiger partial charge in [0.2, 0.25) is 0 Å². The molecule has 2 N–H and O–H groups in total. The normalized spacial score (nSPS) is 44.8. The largest absolute Gasteiger partial charge is 0.349 e. The van der Waals surface area contributed by atoms with Crippen LogP contribution in [0.15, 0.2) is 0 Å². The molecule has 0 amide bonds. The molecule has 3 nitrogen and oxygen atoms in total. The molecule has 0 aromatic rings. The van der Waals surface area contributed by atoms with Crippen molar-refractivity contribution in [2.45, 2.75) is 51.4 Å². The molecule has 1 aliphatic heterocycles. The van der Waals surface area contributed by atoms with Crippen LogP contribution in [0.3, 0.4) is 0 Å². The second-order valence-electron chi connectivity index (χ2n) is 6.81. The molecule has 0 radical (unpaired) electrons. The Balaban J connectivity index is 1.66. The quantitative estimate of drug-likeness (QED) is 0.685. The van der Waals surface area contributed by atoms with Crippen LogP contribution >= 0.6 is 0 Å². The number of hydrogen-bond acceptors (Lipinski definition) is 3. The van der Waals surface area contributed by atoms with Gasteiger partial charge in [-0.3, -0.25) is 0 Å². The predicted molar refractivity (Wildman–Crippen MR) is 61.8 cm³/mol. The molecular weight excluding hydrogens is 202 g/mol. The summed E-state index contributed by atoms with van der Waals surface area (Å²) in [7, 11) is 0. The summed E-state index contributed by atoms with van der Waals surface area (Å²) in [6, 6.07) is 0.424. The van der Waals surface area contributed by atoms with Gasteiger partial charge in [-0.05, 0) is 24.7 Å². The Hall–Kier alpha value is -0.120. The van der Waals surface area contributed by atoms with Gasteiger partial charge in [-0.15, -0.1) is 0 Å². The standard InChI is InChI=1S/C13H23NO2/c1-12(2)7-15-13(16-8-12)5-9-3-11(14)4-10(9)6-13/h9-11H,3-8,14H2,1-2H3/t9-,10+,11+. The topological polar surface area (TPSA) is 44.5 Å². The summed E-state index contributed by atoms with van der Waals surface area (Å²) >= 11 is 0. The van der Waals surface area contributed by atoms with Gasteiger partial charge in [0.25, 0.3) is 0 Å². The molecule has 2 aliphatic carbocycles. The molecule has 3 rings (SSSR count). The molecule has 3 atom stereocenters. The van der Waals surface area contributed by atoms with Crippen molar-refractivity contribution < 1.29 is 9.47 Å². The highest BCUT2D eigenvalue weighted by Crippen LogP contribution is 2.52. The molecule has 0 aromatic carbocycles. The lowest BCUT2D eigenvalue weighted by atomic mass is 9.94. The van der Waals surface area contributed by atoms with Crippen molar-refractivity contribution in [3.63, 3.8) is 0 Å². The van der Waals surface area contributed by atoms with E-state index in [1.807, 2.05) is 0 Å². The number of fused-ring (bicyclic) bond motifs is 1. The van der Waals surface area contributed by atoms with Crippen LogP contribution in [0, 0.1) is 17.3 Å². The van der Waals surface area contributed by atoms with Gasteiger partial charge >= 0.3 is 0 Å². The van der Waals surface area contributed by atoms with Crippen molar-refractivity contribution in [2.24, 2.45) is 23.0 Å². The first-order chi connectivity index (χ1) is 7.48. The molecule has 1 heterocycles. The average Bonchev–Trinajstić information content (AvgIpc) is 2.66. The maximum atomic E-state index is 6.05. The van der Waals surface area contributed by atoms with Gasteiger partial charge in [-0.1, -0.05) is 13.8 Å². The van der Waals surface area contributed by atoms with Crippen LogP contribution in [0.5, 0.6) is 0 Å². The minimum absolute atomic E-state index is 0.180. The fraction of sp³-hybridized carbons (Fsp3) is 1.00. The zero-order valence-electron chi connectivity index (χ0n) is 10.4. The van der Waals surface area contributed by atoms with Crippen LogP contribution in [0.4, 0.5) is 0 Å². The van der Waals surface area contributed by atoms with Crippen LogP contribution in [0.2, 0.25) is 0 Å². The molecule has 0 unspecified atom stereocenters. The van der Waals surface area contributed by atoms with E-state index in [0.29, 0.717) is 6.04 Å². The zero-order valence-corrected chi connectivity index (χ0v) is 10.4. The van der Waals surface area contributed by atoms with E-state index in [4.69, 9.17) is 15.2 Å². The second-order valence-corrected chi connectivity index (χ2v) is 6.81. The Morgan fingerprint density at radius 3 is 2.00 bits per heavy atom. The molecule has 1 saturated heterocycles. The Kier molecular flexibility index (Phi) is 2.36. The average molecular weight is 225 g/mol. The van der Waals surface area contributed by atoms with Crippen molar-refractivity contribution in [1.29, 1.82) is 0 Å². The summed E-state index contributed by atoms with van der Waals surface area (Å²) < 4.78 is 12.1. The smallest absolute Gasteiger partial charge is 0.168 e. The number of rotatable bonds is 0. The highest BCUT2D eigenvalue weighted by molar-refractivity contribution is 4.99. The first-order valence-corrected chi connectivity index (χ1v) is 6.52. The maximum Gasteiger partial charge on any atom is 0.168 e. The van der Waals surface area contributed by atoms with E-state index >= 15 is 0 Å². The Bertz CT molecular complexity index is 264. The molecule has 3 fully saturated rings. The Labute approximate surface area is 97.7 Å². The lowest BCUT2D eigenvalue weighted by molar-refractivity contribution is -0.297. The number of nitrogens with two attached hydrogens (primary N) is 1. The molecular formula is C13H23NO2. The highest BCUT2D eigenvalue weighted by atomic mass is 16.7. The van der Waals surface area contributed by atoms with Crippen LogP contribution in [0.25, 0.3) is 0 Å². The molecule has 3 heteroatoms. The van der Waals surface area contributed by atoms with Gasteiger partial charge in [0.05, 0.1) is 13.2 Å². The number of ether oxygens (including phenoxy) is 2. The minimum atomic E-state index is -0.245. The molecule has 92 valence electrons. The third kappa shape index (κ3) is 1.79. The molecule has 3 aliphatic rings. The van der Waals surface area contributed by atoms with Crippen molar-refractivity contribution in [1.82, 2.24) is 0 Å². The third-order valence-electron chi connectivity index (χ3n) is 4.48. The van der Waals surface area contributed by atoms with E-state index in [0.717, 1.165) is 37.9 Å². The highest BCUT2D eigenvalue weighted by Gasteiger charge is 2.52. The van der Waals surface area contributed by atoms with E-state index in [1.165, 1.54) is 12.8 Å². The van der Waals surface area contributed by atoms with E-state index in [9.17, 15) is 0 Å². The fourth-order valence-electron chi connectivity index (χ4n) is 3.61. The molecule has 0 bridgehead atoms. The SMILES string of the molecule is CC1(C)COC2(C[C@H]3C[C@H](N)C[C@H]3C2)OC1. The van der Waals surface area contributed by atoms with Crippen LogP contribution in [-0.4, -0.2) is 25.0 Å². The molecule has 2 saturated carbocycles. The Morgan fingerprint density at radius 2 is 1.50 bits per heavy atom. The van der Waals surface area contributed by atoms with E-state index in [1.54, 1.807) is 0 Å². The summed E-state index contributed by atoms with van der Waals surface area (Å²) in [6.45, 7) is 6.06. The molecule has 16 heavy (non-hydrogen) atoms. The predicted octanol–water partition coefficient (Wildman–Crippen LogP) is 1.90. The van der Waals surface area contributed by atoms with Gasteiger partial charge < -0.3 is 15.2 Å². The van der Waals surface area contributed by atoms with Gasteiger partial charge in [-0.25, -0.2) is 0 Å². The van der Waals surface area contributed by atoms with Crippen molar-refractivity contribution in [2.75, 3.05) is 13.2 Å². The number of hydrogen-bond donors (Lipinski definition) is 1. The van der Waals surface area contributed by atoms with E-state index in [-0.39, 0.29) is 11.2 Å². The van der Waals surface area contributed by atoms with Crippen LogP contribution in [0.1, 0.15) is 39.5 Å². The summed E-state index contributed by atoms with van der Waals surface area (Å²) in [4.78, 5) is 0. The lowest BCUT2D eigenvalue weighted by Gasteiger charge is -2.42. The van der Waals surface area contributed by atoms with Gasteiger partial charge in [0.1, 0.15) is 0 Å². The maximum absolute atomic E-state index is 6.05. The van der Waals surface area contributed by atoms with Crippen LogP contribution in [-0.2, 0) is 9.47 Å². The summed E-state index contributed by atoms with van der Waals surface area (Å²) in [5.41, 5.74) is 6.18. The molecule has 1 spiro atoms. The monoisotopic (exact) mass is 225 g/mol. The summed E-state index contributed by atoms with van der Waals surface area (Å²) in [5.74, 6) is 1.25. The van der Waals surface area contributed by atoms with Gasteiger partial charge in [-0.2, -0.15) is 0 Å². The van der Waals surface area contributed by atoms with Gasteiger partial charge in [0, 0.05) is 24.3 Å². The van der Waals surface area contributed by atoms with Gasteiger partial charge in [0.15, 0.2) is 5.79 Å². The third-order valence-corrected chi connectivity index (χ3v) is 4.48. The summed E-state index contributed by atoms with van der Waals surface area (Å²) in [5, 5.41) is 0. The van der Waals surface area contributed by atoms with Crippen molar-refractivity contribution in [3.05, 3.63) is 0 Å².